The summed E-state index contributed by atoms with van der Waals surface area (Å²) >= 11 is 5.70. The maximum Gasteiger partial charge on any atom is 0.147 e. The van der Waals surface area contributed by atoms with Gasteiger partial charge in [-0.1, -0.05) is 0 Å². The van der Waals surface area contributed by atoms with E-state index < -0.39 is 0 Å². The lowest BCUT2D eigenvalue weighted by molar-refractivity contribution is 0.805. The third-order valence-electron chi connectivity index (χ3n) is 2.66. The van der Waals surface area contributed by atoms with Crippen LogP contribution in [0.15, 0.2) is 36.9 Å². The second-order valence-corrected chi connectivity index (χ2v) is 4.14. The fourth-order valence-corrected chi connectivity index (χ4v) is 1.78. The predicted molar refractivity (Wildman–Crippen MR) is 72.6 cm³/mol. The average Bonchev–Trinajstić information content (AvgIpc) is 2.46. The summed E-state index contributed by atoms with van der Waals surface area (Å²) in [4.78, 5) is 14.8. The predicted octanol–water partition coefficient (Wildman–Crippen LogP) is 2.64. The van der Waals surface area contributed by atoms with E-state index in [4.69, 9.17) is 11.6 Å². The molecule has 94 valence electrons. The highest BCUT2D eigenvalue weighted by atomic mass is 35.5. The zero-order valence-corrected chi connectivity index (χ0v) is 11.0. The van der Waals surface area contributed by atoms with Gasteiger partial charge < -0.3 is 4.90 Å². The molecule has 0 saturated heterocycles. The van der Waals surface area contributed by atoms with E-state index in [-0.39, 0.29) is 0 Å². The largest absolute Gasteiger partial charge is 0.351 e. The van der Waals surface area contributed by atoms with Gasteiger partial charge in [0.1, 0.15) is 5.82 Å². The minimum atomic E-state index is 0.393. The first-order chi connectivity index (χ1) is 8.83. The van der Waals surface area contributed by atoms with E-state index in [0.29, 0.717) is 5.88 Å². The Bertz CT molecular complexity index is 472. The van der Waals surface area contributed by atoms with Gasteiger partial charge in [-0.05, 0) is 24.6 Å². The Hall–Kier alpha value is -1.68. The van der Waals surface area contributed by atoms with Crippen LogP contribution in [0.3, 0.4) is 0 Å². The van der Waals surface area contributed by atoms with Crippen LogP contribution in [0.1, 0.15) is 18.2 Å². The summed E-state index contributed by atoms with van der Waals surface area (Å²) in [5.41, 5.74) is 2.00. The number of rotatable bonds is 5. The van der Waals surface area contributed by atoms with Crippen molar-refractivity contribution in [1.29, 1.82) is 0 Å². The fraction of sp³-hybridized carbons (Fsp3) is 0.308. The molecule has 0 radical (unpaired) electrons. The Morgan fingerprint density at radius 1 is 1.17 bits per heavy atom. The summed E-state index contributed by atoms with van der Waals surface area (Å²) < 4.78 is 0. The summed E-state index contributed by atoms with van der Waals surface area (Å²) in [6, 6.07) is 4.01. The van der Waals surface area contributed by atoms with Crippen LogP contribution in [0.25, 0.3) is 0 Å². The first kappa shape index (κ1) is 12.8. The maximum absolute atomic E-state index is 5.70. The van der Waals surface area contributed by atoms with Crippen molar-refractivity contribution < 1.29 is 0 Å². The second-order valence-electron chi connectivity index (χ2n) is 3.87. The third-order valence-corrected chi connectivity index (χ3v) is 2.93. The lowest BCUT2D eigenvalue weighted by Gasteiger charge is -2.21. The number of pyridine rings is 1. The molecular weight excluding hydrogens is 248 g/mol. The highest BCUT2D eigenvalue weighted by Crippen LogP contribution is 2.13. The molecule has 0 fully saturated rings. The van der Waals surface area contributed by atoms with Gasteiger partial charge >= 0.3 is 0 Å². The first-order valence-corrected chi connectivity index (χ1v) is 6.37. The molecule has 0 amide bonds. The van der Waals surface area contributed by atoms with Crippen LogP contribution in [0.5, 0.6) is 0 Å². The second kappa shape index (κ2) is 6.31. The van der Waals surface area contributed by atoms with Gasteiger partial charge in [0.05, 0.1) is 24.0 Å². The van der Waals surface area contributed by atoms with Crippen LogP contribution in [-0.4, -0.2) is 21.5 Å². The molecule has 0 spiro atoms. The number of alkyl halides is 1. The van der Waals surface area contributed by atoms with E-state index >= 15 is 0 Å². The van der Waals surface area contributed by atoms with Crippen LogP contribution in [0.4, 0.5) is 5.82 Å². The van der Waals surface area contributed by atoms with Crippen molar-refractivity contribution in [3.63, 3.8) is 0 Å². The van der Waals surface area contributed by atoms with Crippen LogP contribution < -0.4 is 4.90 Å². The highest BCUT2D eigenvalue weighted by molar-refractivity contribution is 6.16. The van der Waals surface area contributed by atoms with Crippen molar-refractivity contribution >= 4 is 17.4 Å². The Kier molecular flexibility index (Phi) is 4.47. The highest BCUT2D eigenvalue weighted by Gasteiger charge is 2.07. The lowest BCUT2D eigenvalue weighted by atomic mass is 10.2. The molecule has 2 heterocycles. The van der Waals surface area contributed by atoms with E-state index in [0.717, 1.165) is 24.6 Å². The molecule has 18 heavy (non-hydrogen) atoms. The number of aromatic nitrogens is 3. The summed E-state index contributed by atoms with van der Waals surface area (Å²) in [5, 5.41) is 0. The normalized spacial score (nSPS) is 10.3. The summed E-state index contributed by atoms with van der Waals surface area (Å²) in [6.07, 6.45) is 7.08. The van der Waals surface area contributed by atoms with Crippen molar-refractivity contribution in [2.24, 2.45) is 0 Å². The maximum atomic E-state index is 5.70. The van der Waals surface area contributed by atoms with E-state index in [2.05, 4.69) is 26.8 Å². The molecular formula is C13H15ClN4. The molecule has 0 atom stereocenters. The molecule has 0 aliphatic rings. The molecule has 2 aromatic heterocycles. The lowest BCUT2D eigenvalue weighted by Crippen LogP contribution is -2.23. The van der Waals surface area contributed by atoms with Gasteiger partial charge in [-0.25, -0.2) is 4.98 Å². The molecule has 0 saturated carbocycles. The molecule has 2 rings (SSSR count). The van der Waals surface area contributed by atoms with Crippen LogP contribution in [0.2, 0.25) is 0 Å². The van der Waals surface area contributed by atoms with Crippen molar-refractivity contribution in [3.8, 4) is 0 Å². The Labute approximate surface area is 112 Å². The minimum absolute atomic E-state index is 0.393. The molecule has 0 aliphatic carbocycles. The number of anilines is 1. The molecule has 0 aliphatic heterocycles. The van der Waals surface area contributed by atoms with Gasteiger partial charge in [0.15, 0.2) is 0 Å². The van der Waals surface area contributed by atoms with Crippen molar-refractivity contribution in [2.45, 2.75) is 19.3 Å². The van der Waals surface area contributed by atoms with E-state index in [1.165, 1.54) is 5.56 Å². The Morgan fingerprint density at radius 3 is 2.50 bits per heavy atom. The van der Waals surface area contributed by atoms with Crippen molar-refractivity contribution in [3.05, 3.63) is 48.2 Å². The topological polar surface area (TPSA) is 41.9 Å². The van der Waals surface area contributed by atoms with E-state index in [1.54, 1.807) is 24.8 Å². The first-order valence-electron chi connectivity index (χ1n) is 5.84. The summed E-state index contributed by atoms with van der Waals surface area (Å²) in [7, 11) is 0. The number of hydrogen-bond donors (Lipinski definition) is 0. The van der Waals surface area contributed by atoms with Crippen LogP contribution in [0, 0.1) is 0 Å². The number of hydrogen-bond acceptors (Lipinski definition) is 4. The minimum Gasteiger partial charge on any atom is -0.351 e. The zero-order valence-electron chi connectivity index (χ0n) is 10.3. The molecule has 0 unspecified atom stereocenters. The number of nitrogens with zero attached hydrogens (tertiary/aromatic N) is 4. The van der Waals surface area contributed by atoms with Gasteiger partial charge in [0.2, 0.25) is 0 Å². The van der Waals surface area contributed by atoms with E-state index in [9.17, 15) is 0 Å². The quantitative estimate of drug-likeness (QED) is 0.777. The van der Waals surface area contributed by atoms with Gasteiger partial charge in [-0.2, -0.15) is 0 Å². The molecule has 5 heteroatoms. The summed E-state index contributed by atoms with van der Waals surface area (Å²) in [5.74, 6) is 1.26. The Balaban J connectivity index is 2.12. The smallest absolute Gasteiger partial charge is 0.147 e. The summed E-state index contributed by atoms with van der Waals surface area (Å²) in [6.45, 7) is 3.77. The fourth-order valence-electron chi connectivity index (χ4n) is 1.64. The van der Waals surface area contributed by atoms with Crippen molar-refractivity contribution in [2.75, 3.05) is 11.4 Å². The van der Waals surface area contributed by atoms with Crippen molar-refractivity contribution in [1.82, 2.24) is 15.0 Å². The van der Waals surface area contributed by atoms with Crippen LogP contribution in [-0.2, 0) is 12.4 Å². The average molecular weight is 263 g/mol. The van der Waals surface area contributed by atoms with Gasteiger partial charge in [-0.15, -0.1) is 11.6 Å². The molecule has 0 bridgehead atoms. The standard InChI is InChI=1S/C13H15ClN4/c1-2-18(10-11-3-5-15-6-4-11)13-9-16-12(7-14)8-17-13/h3-6,8-9H,2,7,10H2,1H3. The van der Waals surface area contributed by atoms with Gasteiger partial charge in [0.25, 0.3) is 0 Å². The molecule has 0 aromatic carbocycles. The number of halogens is 1. The van der Waals surface area contributed by atoms with Gasteiger partial charge in [0, 0.05) is 25.5 Å². The SMILES string of the molecule is CCN(Cc1ccncc1)c1cnc(CCl)cn1. The molecule has 2 aromatic rings. The zero-order chi connectivity index (χ0) is 12.8. The van der Waals surface area contributed by atoms with Gasteiger partial charge in [-0.3, -0.25) is 9.97 Å². The Morgan fingerprint density at radius 2 is 1.94 bits per heavy atom. The third kappa shape index (κ3) is 3.17. The monoisotopic (exact) mass is 262 g/mol. The van der Waals surface area contributed by atoms with Crippen LogP contribution >= 0.6 is 11.6 Å². The van der Waals surface area contributed by atoms with E-state index in [1.807, 2.05) is 12.1 Å². The molecule has 0 N–H and O–H groups in total. The molecule has 4 nitrogen and oxygen atoms in total.